The summed E-state index contributed by atoms with van der Waals surface area (Å²) < 4.78 is 6.70. The predicted octanol–water partition coefficient (Wildman–Crippen LogP) is -1.64. The van der Waals surface area contributed by atoms with Crippen molar-refractivity contribution in [1.82, 2.24) is 0 Å². The number of esters is 2. The average Bonchev–Trinajstić information content (AvgIpc) is 2.03. The van der Waals surface area contributed by atoms with E-state index in [0.29, 0.717) is 0 Å². The van der Waals surface area contributed by atoms with Crippen LogP contribution in [-0.2, 0) is 28.7 Å². The summed E-state index contributed by atoms with van der Waals surface area (Å²) in [6.45, 7) is 0. The van der Waals surface area contributed by atoms with Crippen LogP contribution < -0.4 is 0 Å². The molecule has 0 radical (unpaired) electrons. The summed E-state index contributed by atoms with van der Waals surface area (Å²) in [7, 11) is 0. The van der Waals surface area contributed by atoms with Crippen LogP contribution in [0.1, 0.15) is 0 Å². The first kappa shape index (κ1) is 11.5. The monoisotopic (exact) mass is 206 g/mol. The first-order valence-corrected chi connectivity index (χ1v) is 2.78. The van der Waals surface area contributed by atoms with Gasteiger partial charge in [0.25, 0.3) is 0 Å². The van der Waals surface area contributed by atoms with Gasteiger partial charge in [-0.3, -0.25) is 0 Å². The molecule has 0 atom stereocenters. The molecule has 0 saturated heterocycles. The van der Waals surface area contributed by atoms with Crippen molar-refractivity contribution >= 4 is 30.0 Å². The minimum absolute atomic E-state index is 1.99. The third-order valence-corrected chi connectivity index (χ3v) is 0.701. The molecule has 0 aliphatic heterocycles. The highest BCUT2D eigenvalue weighted by Crippen LogP contribution is 1.88. The molecule has 0 aliphatic rings. The van der Waals surface area contributed by atoms with E-state index < -0.39 is 30.0 Å². The maximum Gasteiger partial charge on any atom is 0.524 e. The van der Waals surface area contributed by atoms with Gasteiger partial charge < -0.3 is 19.7 Å². The Balaban J connectivity index is 4.12. The standard InChI is InChI=1S/C5H2O9/c6-1(7)3(10)13-5(12)14-4(11)2(8)9/h(H,6,7)(H,8,9). The number of aliphatic carboxylic acids is 2. The molecular weight excluding hydrogens is 204 g/mol. The Bertz CT molecular complexity index is 283. The van der Waals surface area contributed by atoms with E-state index >= 15 is 0 Å². The van der Waals surface area contributed by atoms with E-state index in [0.717, 1.165) is 0 Å². The highest BCUT2D eigenvalue weighted by atomic mass is 16.8. The molecule has 0 aliphatic carbocycles. The summed E-state index contributed by atoms with van der Waals surface area (Å²) >= 11 is 0. The molecule has 0 fully saturated rings. The molecule has 0 unspecified atom stereocenters. The second kappa shape index (κ2) is 4.54. The molecule has 0 amide bonds. The summed E-state index contributed by atoms with van der Waals surface area (Å²) in [5.41, 5.74) is 0. The molecule has 0 bridgehead atoms. The van der Waals surface area contributed by atoms with Crippen molar-refractivity contribution in [2.24, 2.45) is 0 Å². The SMILES string of the molecule is O=C(OC(=O)C(=O)O)OC(=O)C(=O)O. The molecule has 0 aromatic heterocycles. The lowest BCUT2D eigenvalue weighted by Crippen LogP contribution is -2.26. The number of hydrogen-bond donors (Lipinski definition) is 2. The summed E-state index contributed by atoms with van der Waals surface area (Å²) in [5.74, 6) is -8.17. The van der Waals surface area contributed by atoms with Crippen LogP contribution in [0.25, 0.3) is 0 Å². The van der Waals surface area contributed by atoms with Crippen molar-refractivity contribution in [3.05, 3.63) is 0 Å². The van der Waals surface area contributed by atoms with Gasteiger partial charge in [-0.1, -0.05) is 0 Å². The molecule has 0 rings (SSSR count). The van der Waals surface area contributed by atoms with Gasteiger partial charge in [0.1, 0.15) is 0 Å². The first-order valence-electron chi connectivity index (χ1n) is 2.78. The largest absolute Gasteiger partial charge is 0.524 e. The molecule has 0 saturated carbocycles. The van der Waals surface area contributed by atoms with Crippen molar-refractivity contribution < 1.29 is 43.7 Å². The van der Waals surface area contributed by atoms with Crippen LogP contribution in [-0.4, -0.2) is 40.2 Å². The van der Waals surface area contributed by atoms with Crippen LogP contribution in [0.3, 0.4) is 0 Å². The zero-order valence-electron chi connectivity index (χ0n) is 6.25. The second-order valence-electron chi connectivity index (χ2n) is 1.64. The van der Waals surface area contributed by atoms with Crippen LogP contribution >= 0.6 is 0 Å². The van der Waals surface area contributed by atoms with E-state index in [-0.39, 0.29) is 0 Å². The van der Waals surface area contributed by atoms with Gasteiger partial charge in [-0.2, -0.15) is 0 Å². The van der Waals surface area contributed by atoms with Crippen molar-refractivity contribution in [2.75, 3.05) is 0 Å². The molecule has 0 spiro atoms. The minimum Gasteiger partial charge on any atom is -0.473 e. The molecule has 0 heterocycles. The maximum absolute atomic E-state index is 10.3. The first-order chi connectivity index (χ1) is 6.34. The summed E-state index contributed by atoms with van der Waals surface area (Å²) in [4.78, 5) is 50.0. The summed E-state index contributed by atoms with van der Waals surface area (Å²) in [6, 6.07) is 0. The lowest BCUT2D eigenvalue weighted by molar-refractivity contribution is -0.166. The van der Waals surface area contributed by atoms with Crippen molar-refractivity contribution in [2.45, 2.75) is 0 Å². The fraction of sp³-hybridized carbons (Fsp3) is 0. The second-order valence-corrected chi connectivity index (χ2v) is 1.64. The van der Waals surface area contributed by atoms with Gasteiger partial charge in [0.05, 0.1) is 0 Å². The Morgan fingerprint density at radius 3 is 1.21 bits per heavy atom. The van der Waals surface area contributed by atoms with E-state index in [1.165, 1.54) is 0 Å². The number of carboxylic acids is 2. The highest BCUT2D eigenvalue weighted by molar-refractivity contribution is 6.32. The quantitative estimate of drug-likeness (QED) is 0.270. The fourth-order valence-corrected chi connectivity index (χ4v) is 0.260. The predicted molar refractivity (Wildman–Crippen MR) is 32.9 cm³/mol. The Morgan fingerprint density at radius 2 is 1.00 bits per heavy atom. The molecule has 0 aromatic rings. The van der Waals surface area contributed by atoms with Crippen molar-refractivity contribution in [3.8, 4) is 0 Å². The molecule has 9 nitrogen and oxygen atoms in total. The number of carbonyl (C=O) groups excluding carboxylic acids is 3. The van der Waals surface area contributed by atoms with E-state index in [9.17, 15) is 24.0 Å². The lowest BCUT2D eigenvalue weighted by atomic mass is 10.7. The molecular formula is C5H2O9. The van der Waals surface area contributed by atoms with Gasteiger partial charge in [0, 0.05) is 0 Å². The number of rotatable bonds is 0. The van der Waals surface area contributed by atoms with Gasteiger partial charge >= 0.3 is 30.0 Å². The lowest BCUT2D eigenvalue weighted by Gasteiger charge is -1.97. The van der Waals surface area contributed by atoms with Gasteiger partial charge in [-0.05, 0) is 0 Å². The van der Waals surface area contributed by atoms with Crippen molar-refractivity contribution in [3.63, 3.8) is 0 Å². The zero-order chi connectivity index (χ0) is 11.3. The number of carbonyl (C=O) groups is 5. The van der Waals surface area contributed by atoms with E-state index in [2.05, 4.69) is 9.47 Å². The molecule has 14 heavy (non-hydrogen) atoms. The summed E-state index contributed by atoms with van der Waals surface area (Å²) in [6.07, 6.45) is -2.02. The van der Waals surface area contributed by atoms with Crippen LogP contribution in [0.2, 0.25) is 0 Å². The fourth-order valence-electron chi connectivity index (χ4n) is 0.260. The summed E-state index contributed by atoms with van der Waals surface area (Å²) in [5, 5.41) is 15.8. The van der Waals surface area contributed by atoms with Crippen LogP contribution in [0, 0.1) is 0 Å². The van der Waals surface area contributed by atoms with E-state index in [4.69, 9.17) is 10.2 Å². The van der Waals surface area contributed by atoms with Gasteiger partial charge in [0.15, 0.2) is 0 Å². The molecule has 9 heteroatoms. The Morgan fingerprint density at radius 1 is 0.714 bits per heavy atom. The smallest absolute Gasteiger partial charge is 0.473 e. The van der Waals surface area contributed by atoms with Gasteiger partial charge in [-0.15, -0.1) is 0 Å². The Kier molecular flexibility index (Phi) is 3.75. The Labute approximate surface area is 74.8 Å². The van der Waals surface area contributed by atoms with Gasteiger partial charge in [0.2, 0.25) is 0 Å². The van der Waals surface area contributed by atoms with Crippen molar-refractivity contribution in [1.29, 1.82) is 0 Å². The molecule has 76 valence electrons. The third-order valence-electron chi connectivity index (χ3n) is 0.701. The Hall–Kier alpha value is -2.45. The van der Waals surface area contributed by atoms with Gasteiger partial charge in [-0.25, -0.2) is 24.0 Å². The van der Waals surface area contributed by atoms with Crippen LogP contribution in [0.5, 0.6) is 0 Å². The average molecular weight is 206 g/mol. The highest BCUT2D eigenvalue weighted by Gasteiger charge is 2.24. The van der Waals surface area contributed by atoms with E-state index in [1.54, 1.807) is 0 Å². The maximum atomic E-state index is 10.3. The number of carboxylic acid groups (broad SMARTS) is 2. The zero-order valence-corrected chi connectivity index (χ0v) is 6.25. The normalized spacial score (nSPS) is 8.57. The van der Waals surface area contributed by atoms with E-state index in [1.807, 2.05) is 0 Å². The molecule has 0 aromatic carbocycles. The van der Waals surface area contributed by atoms with Crippen LogP contribution in [0.4, 0.5) is 4.79 Å². The topological polar surface area (TPSA) is 144 Å². The van der Waals surface area contributed by atoms with Crippen LogP contribution in [0.15, 0.2) is 0 Å². The third kappa shape index (κ3) is 3.80. The minimum atomic E-state index is -2.09. The number of ether oxygens (including phenoxy) is 2. The number of hydrogen-bond acceptors (Lipinski definition) is 7. The molecule has 2 N–H and O–H groups in total.